The molecule has 1 fully saturated rings. The van der Waals surface area contributed by atoms with Gasteiger partial charge in [0.25, 0.3) is 0 Å². The number of methoxy groups -OCH3 is 1. The van der Waals surface area contributed by atoms with Gasteiger partial charge in [-0.15, -0.1) is 0 Å². The summed E-state index contributed by atoms with van der Waals surface area (Å²) in [5, 5.41) is 21.4. The summed E-state index contributed by atoms with van der Waals surface area (Å²) in [6.45, 7) is 5.35. The number of fused-ring (bicyclic) bond motifs is 3. The van der Waals surface area contributed by atoms with Crippen molar-refractivity contribution in [2.45, 2.75) is 88.1 Å². The smallest absolute Gasteiger partial charge is 0.339 e. The van der Waals surface area contributed by atoms with Gasteiger partial charge in [-0.3, -0.25) is 4.90 Å². The molecule has 208 valence electrons. The molecule has 9 nitrogen and oxygen atoms in total. The van der Waals surface area contributed by atoms with Crippen molar-refractivity contribution in [1.29, 1.82) is 0 Å². The summed E-state index contributed by atoms with van der Waals surface area (Å²) in [4.78, 5) is 27.6. The van der Waals surface area contributed by atoms with E-state index in [-0.39, 0.29) is 37.5 Å². The number of nitrogens with zero attached hydrogens (tertiary/aromatic N) is 1. The molecule has 0 radical (unpaired) electrons. The Hall–Kier alpha value is -2.62. The van der Waals surface area contributed by atoms with E-state index in [9.17, 15) is 19.8 Å². The van der Waals surface area contributed by atoms with Crippen LogP contribution in [0.15, 0.2) is 24.0 Å². The topological polar surface area (TPSA) is 115 Å². The molecule has 1 aromatic rings. The van der Waals surface area contributed by atoms with Gasteiger partial charge in [0.15, 0.2) is 23.2 Å². The van der Waals surface area contributed by atoms with Crippen LogP contribution in [0.25, 0.3) is 0 Å². The predicted octanol–water partition coefficient (Wildman–Crippen LogP) is 2.85. The third-order valence-corrected chi connectivity index (χ3v) is 8.51. The highest BCUT2D eigenvalue weighted by Crippen LogP contribution is 2.49. The van der Waals surface area contributed by atoms with Gasteiger partial charge >= 0.3 is 5.97 Å². The van der Waals surface area contributed by atoms with E-state index in [4.69, 9.17) is 18.9 Å². The molecule has 0 amide bonds. The van der Waals surface area contributed by atoms with Crippen LogP contribution in [0.3, 0.4) is 0 Å². The number of ether oxygens (including phenoxy) is 4. The minimum Gasteiger partial charge on any atom is -0.497 e. The maximum Gasteiger partial charge on any atom is 0.339 e. The molecule has 0 saturated carbocycles. The minimum atomic E-state index is -1.99. The fourth-order valence-electron chi connectivity index (χ4n) is 6.64. The summed E-state index contributed by atoms with van der Waals surface area (Å²) in [5.74, 6) is 1.10. The number of aldehydes is 1. The fraction of sp³-hybridized carbons (Fsp3) is 0.655. The van der Waals surface area contributed by atoms with E-state index in [0.29, 0.717) is 30.6 Å². The molecule has 1 aromatic carbocycles. The first-order valence-electron chi connectivity index (χ1n) is 13.7. The first-order chi connectivity index (χ1) is 18.1. The summed E-state index contributed by atoms with van der Waals surface area (Å²) >= 11 is 0. The Balaban J connectivity index is 1.51. The van der Waals surface area contributed by atoms with Crippen LogP contribution in [0.4, 0.5) is 0 Å². The average molecular weight is 530 g/mol. The molecule has 5 rings (SSSR count). The number of aliphatic hydroxyl groups is 2. The lowest BCUT2D eigenvalue weighted by atomic mass is 9.71. The molecule has 5 atom stereocenters. The number of benzene rings is 1. The Labute approximate surface area is 223 Å². The van der Waals surface area contributed by atoms with Gasteiger partial charge in [-0.2, -0.15) is 0 Å². The largest absolute Gasteiger partial charge is 0.497 e. The summed E-state index contributed by atoms with van der Waals surface area (Å²) < 4.78 is 23.3. The van der Waals surface area contributed by atoms with Crippen molar-refractivity contribution in [2.75, 3.05) is 27.0 Å². The van der Waals surface area contributed by atoms with Crippen molar-refractivity contribution < 1.29 is 38.7 Å². The van der Waals surface area contributed by atoms with Crippen molar-refractivity contribution in [1.82, 2.24) is 4.90 Å². The van der Waals surface area contributed by atoms with E-state index in [0.717, 1.165) is 49.2 Å². The van der Waals surface area contributed by atoms with Crippen molar-refractivity contribution in [3.63, 3.8) is 0 Å². The van der Waals surface area contributed by atoms with Crippen LogP contribution in [-0.4, -0.2) is 77.7 Å². The van der Waals surface area contributed by atoms with Crippen LogP contribution < -0.4 is 9.47 Å². The maximum absolute atomic E-state index is 13.6. The summed E-state index contributed by atoms with van der Waals surface area (Å²) in [7, 11) is 1.58. The van der Waals surface area contributed by atoms with Crippen LogP contribution in [-0.2, 0) is 25.5 Å². The van der Waals surface area contributed by atoms with Crippen LogP contribution in [0.5, 0.6) is 11.5 Å². The summed E-state index contributed by atoms with van der Waals surface area (Å²) in [5.41, 5.74) is -0.775. The second kappa shape index (κ2) is 10.5. The number of hydrogen-bond donors (Lipinski definition) is 2. The summed E-state index contributed by atoms with van der Waals surface area (Å²) in [6, 6.07) is 4.14. The molecule has 2 N–H and O–H groups in total. The fourth-order valence-corrected chi connectivity index (χ4v) is 6.64. The molecule has 38 heavy (non-hydrogen) atoms. The van der Waals surface area contributed by atoms with Gasteiger partial charge in [0.05, 0.1) is 12.7 Å². The van der Waals surface area contributed by atoms with Gasteiger partial charge in [0, 0.05) is 24.9 Å². The monoisotopic (exact) mass is 529 g/mol. The van der Waals surface area contributed by atoms with E-state index < -0.39 is 23.3 Å². The van der Waals surface area contributed by atoms with E-state index in [1.807, 2.05) is 12.1 Å². The molecule has 0 spiro atoms. The quantitative estimate of drug-likeness (QED) is 0.368. The lowest BCUT2D eigenvalue weighted by molar-refractivity contribution is -0.176. The van der Waals surface area contributed by atoms with Crippen molar-refractivity contribution >= 4 is 12.3 Å². The molecule has 0 bridgehead atoms. The minimum absolute atomic E-state index is 0.00539. The number of esters is 1. The van der Waals surface area contributed by atoms with Crippen molar-refractivity contribution in [2.24, 2.45) is 5.92 Å². The highest BCUT2D eigenvalue weighted by molar-refractivity contribution is 5.82. The Morgan fingerprint density at radius 1 is 1.18 bits per heavy atom. The van der Waals surface area contributed by atoms with Crippen LogP contribution >= 0.6 is 0 Å². The Morgan fingerprint density at radius 2 is 1.95 bits per heavy atom. The maximum atomic E-state index is 13.6. The molecule has 3 aliphatic heterocycles. The van der Waals surface area contributed by atoms with Gasteiger partial charge < -0.3 is 34.0 Å². The van der Waals surface area contributed by atoms with Gasteiger partial charge in [-0.05, 0) is 94.2 Å². The van der Waals surface area contributed by atoms with Crippen molar-refractivity contribution in [3.8, 4) is 11.5 Å². The summed E-state index contributed by atoms with van der Waals surface area (Å²) in [6.07, 6.45) is 5.11. The lowest BCUT2D eigenvalue weighted by Gasteiger charge is -2.48. The highest BCUT2D eigenvalue weighted by atomic mass is 16.7. The SMILES string of the molecule is COC1=CC2CCCN3CCc4cc5c(cc4C(C1OC(=O)C(O)(CC=O)CCCC(C)(C)O)C23)OCO5. The molecule has 3 heterocycles. The molecule has 0 aromatic heterocycles. The van der Waals surface area contributed by atoms with Crippen LogP contribution in [0.1, 0.15) is 69.4 Å². The molecule has 1 aliphatic carbocycles. The number of piperidine rings is 1. The van der Waals surface area contributed by atoms with E-state index in [2.05, 4.69) is 11.0 Å². The van der Waals surface area contributed by atoms with Crippen LogP contribution in [0, 0.1) is 5.92 Å². The highest BCUT2D eigenvalue weighted by Gasteiger charge is 2.51. The van der Waals surface area contributed by atoms with Gasteiger partial charge in [-0.25, -0.2) is 4.79 Å². The van der Waals surface area contributed by atoms with Crippen LogP contribution in [0.2, 0.25) is 0 Å². The normalized spacial score (nSPS) is 27.8. The average Bonchev–Trinajstić information content (AvgIpc) is 3.26. The van der Waals surface area contributed by atoms with Crippen molar-refractivity contribution in [3.05, 3.63) is 35.1 Å². The van der Waals surface area contributed by atoms with E-state index in [1.54, 1.807) is 21.0 Å². The molecule has 4 aliphatic rings. The molecular formula is C29H39NO8. The first-order valence-corrected chi connectivity index (χ1v) is 13.7. The number of carbonyl (C=O) groups excluding carboxylic acids is 2. The molecule has 9 heteroatoms. The van der Waals surface area contributed by atoms with Gasteiger partial charge in [-0.1, -0.05) is 0 Å². The lowest BCUT2D eigenvalue weighted by Crippen LogP contribution is -2.54. The molecule has 1 saturated heterocycles. The third-order valence-electron chi connectivity index (χ3n) is 8.51. The number of hydrogen-bond acceptors (Lipinski definition) is 9. The Morgan fingerprint density at radius 3 is 2.66 bits per heavy atom. The van der Waals surface area contributed by atoms with E-state index in [1.165, 1.54) is 0 Å². The third kappa shape index (κ3) is 5.16. The second-order valence-corrected chi connectivity index (χ2v) is 11.7. The zero-order valence-corrected chi connectivity index (χ0v) is 22.5. The van der Waals surface area contributed by atoms with Gasteiger partial charge in [0.1, 0.15) is 12.0 Å². The predicted molar refractivity (Wildman–Crippen MR) is 138 cm³/mol. The second-order valence-electron chi connectivity index (χ2n) is 11.7. The van der Waals surface area contributed by atoms with Gasteiger partial charge in [0.2, 0.25) is 6.79 Å². The Kier molecular flexibility index (Phi) is 7.46. The molecule has 5 unspecified atom stereocenters. The standard InChI is InChI=1S/C29H39NO8/c1-28(2,33)8-5-9-29(34,10-13-31)27(32)38-26-23(35-3)15-19-6-4-11-30-12-7-18-14-21-22(37-17-36-21)16-20(18)24(26)25(19)30/h13-16,19,24-26,33-34H,4-12,17H2,1-3H3. The molecular weight excluding hydrogens is 490 g/mol. The zero-order valence-electron chi connectivity index (χ0n) is 22.5. The number of rotatable bonds is 9. The first kappa shape index (κ1) is 27.0. The zero-order chi connectivity index (χ0) is 27.1. The number of carbonyl (C=O) groups is 2. The van der Waals surface area contributed by atoms with E-state index >= 15 is 0 Å². The Bertz CT molecular complexity index is 1090.